The Morgan fingerprint density at radius 2 is 1.81 bits per heavy atom. The van der Waals surface area contributed by atoms with Gasteiger partial charge in [0.25, 0.3) is 0 Å². The van der Waals surface area contributed by atoms with Crippen molar-refractivity contribution in [3.8, 4) is 0 Å². The predicted octanol–water partition coefficient (Wildman–Crippen LogP) is 2.84. The van der Waals surface area contributed by atoms with Crippen LogP contribution in [0.4, 0.5) is 5.69 Å². The van der Waals surface area contributed by atoms with E-state index >= 15 is 0 Å². The summed E-state index contributed by atoms with van der Waals surface area (Å²) in [6.45, 7) is 13.0. The van der Waals surface area contributed by atoms with Gasteiger partial charge in [-0.15, -0.1) is 0 Å². The highest BCUT2D eigenvalue weighted by Gasteiger charge is 2.27. The van der Waals surface area contributed by atoms with Gasteiger partial charge in [0.2, 0.25) is 5.91 Å². The first-order chi connectivity index (χ1) is 9.79. The number of hydrogen-bond donors (Lipinski definition) is 2. The summed E-state index contributed by atoms with van der Waals surface area (Å²) in [5.74, 6) is -0.130. The van der Waals surface area contributed by atoms with E-state index in [9.17, 15) is 4.79 Å². The predicted molar refractivity (Wildman–Crippen MR) is 89.1 cm³/mol. The molecule has 3 N–H and O–H groups in total. The lowest BCUT2D eigenvalue weighted by atomic mass is 9.87. The summed E-state index contributed by atoms with van der Waals surface area (Å²) in [6, 6.07) is 7.39. The molecule has 0 aromatic heterocycles. The second-order valence-electron chi connectivity index (χ2n) is 6.45. The van der Waals surface area contributed by atoms with Crippen molar-refractivity contribution >= 4 is 11.6 Å². The smallest absolute Gasteiger partial charge is 0.241 e. The van der Waals surface area contributed by atoms with Gasteiger partial charge < -0.3 is 11.1 Å². The van der Waals surface area contributed by atoms with Gasteiger partial charge in [-0.25, -0.2) is 0 Å². The Morgan fingerprint density at radius 1 is 1.24 bits per heavy atom. The molecule has 1 aromatic carbocycles. The zero-order valence-corrected chi connectivity index (χ0v) is 13.9. The average Bonchev–Trinajstić information content (AvgIpc) is 2.44. The van der Waals surface area contributed by atoms with Crippen molar-refractivity contribution in [3.63, 3.8) is 0 Å². The molecular formula is C17H29N3O. The summed E-state index contributed by atoms with van der Waals surface area (Å²) >= 11 is 0. The van der Waals surface area contributed by atoms with Gasteiger partial charge in [-0.1, -0.05) is 52.8 Å². The van der Waals surface area contributed by atoms with E-state index in [2.05, 4.69) is 30.1 Å². The molecular weight excluding hydrogens is 262 g/mol. The standard InChI is InChI=1S/C17H29N3O/c1-6-20(7-2)12-13-10-8-9-11-14(13)19-16(21)15(18)17(3,4)5/h8-11,15H,6-7,12,18H2,1-5H3,(H,19,21)/t15-/m0/s1. The highest BCUT2D eigenvalue weighted by atomic mass is 16.2. The van der Waals surface area contributed by atoms with Gasteiger partial charge in [-0.3, -0.25) is 9.69 Å². The number of carbonyl (C=O) groups is 1. The van der Waals surface area contributed by atoms with E-state index in [1.54, 1.807) is 0 Å². The first-order valence-electron chi connectivity index (χ1n) is 7.66. The molecule has 0 fully saturated rings. The molecule has 0 aliphatic carbocycles. The first-order valence-corrected chi connectivity index (χ1v) is 7.66. The number of anilines is 1. The number of hydrogen-bond acceptors (Lipinski definition) is 3. The Hall–Kier alpha value is -1.39. The number of carbonyl (C=O) groups excluding carboxylic acids is 1. The molecule has 21 heavy (non-hydrogen) atoms. The van der Waals surface area contributed by atoms with Crippen molar-refractivity contribution in [2.75, 3.05) is 18.4 Å². The lowest BCUT2D eigenvalue weighted by Gasteiger charge is -2.26. The Balaban J connectivity index is 2.87. The van der Waals surface area contributed by atoms with Crippen LogP contribution in [0, 0.1) is 5.41 Å². The van der Waals surface area contributed by atoms with Crippen molar-refractivity contribution in [1.29, 1.82) is 0 Å². The van der Waals surface area contributed by atoms with E-state index in [-0.39, 0.29) is 11.3 Å². The third-order valence-electron chi connectivity index (χ3n) is 3.78. The maximum Gasteiger partial charge on any atom is 0.241 e. The summed E-state index contributed by atoms with van der Waals surface area (Å²) in [4.78, 5) is 14.6. The van der Waals surface area contributed by atoms with Crippen LogP contribution in [0.25, 0.3) is 0 Å². The molecule has 0 aliphatic heterocycles. The number of nitrogens with zero attached hydrogens (tertiary/aromatic N) is 1. The average molecular weight is 291 g/mol. The summed E-state index contributed by atoms with van der Waals surface area (Å²) in [5.41, 5.74) is 7.75. The summed E-state index contributed by atoms with van der Waals surface area (Å²) in [5, 5.41) is 2.98. The molecule has 0 bridgehead atoms. The molecule has 0 aliphatic rings. The third-order valence-corrected chi connectivity index (χ3v) is 3.78. The van der Waals surface area contributed by atoms with Gasteiger partial charge >= 0.3 is 0 Å². The molecule has 0 radical (unpaired) electrons. The van der Waals surface area contributed by atoms with Gasteiger partial charge in [-0.05, 0) is 30.1 Å². The maximum absolute atomic E-state index is 12.3. The highest BCUT2D eigenvalue weighted by Crippen LogP contribution is 2.21. The summed E-state index contributed by atoms with van der Waals surface area (Å²) < 4.78 is 0. The molecule has 0 unspecified atom stereocenters. The fraction of sp³-hybridized carbons (Fsp3) is 0.588. The first kappa shape index (κ1) is 17.7. The SMILES string of the molecule is CCN(CC)Cc1ccccc1NC(=O)[C@H](N)C(C)(C)C. The van der Waals surface area contributed by atoms with Crippen LogP contribution in [0.3, 0.4) is 0 Å². The van der Waals surface area contributed by atoms with Gasteiger partial charge in [0.1, 0.15) is 0 Å². The molecule has 1 amide bonds. The highest BCUT2D eigenvalue weighted by molar-refractivity contribution is 5.95. The van der Waals surface area contributed by atoms with Gasteiger partial charge in [0.15, 0.2) is 0 Å². The van der Waals surface area contributed by atoms with Gasteiger partial charge in [0.05, 0.1) is 6.04 Å². The Bertz CT molecular complexity index is 461. The number of nitrogens with two attached hydrogens (primary N) is 1. The van der Waals surface area contributed by atoms with Crippen molar-refractivity contribution in [1.82, 2.24) is 4.90 Å². The Morgan fingerprint density at radius 3 is 2.33 bits per heavy atom. The molecule has 0 spiro atoms. The van der Waals surface area contributed by atoms with Crippen molar-refractivity contribution in [2.45, 2.75) is 47.2 Å². The number of para-hydroxylation sites is 1. The van der Waals surface area contributed by atoms with E-state index < -0.39 is 6.04 Å². The van der Waals surface area contributed by atoms with E-state index in [4.69, 9.17) is 5.73 Å². The Labute approximate surface area is 128 Å². The van der Waals surface area contributed by atoms with Crippen LogP contribution in [0.5, 0.6) is 0 Å². The van der Waals surface area contributed by atoms with Gasteiger partial charge in [-0.2, -0.15) is 0 Å². The zero-order chi connectivity index (χ0) is 16.0. The molecule has 0 saturated heterocycles. The lowest BCUT2D eigenvalue weighted by Crippen LogP contribution is -2.45. The molecule has 1 aromatic rings. The maximum atomic E-state index is 12.3. The second kappa shape index (κ2) is 7.57. The molecule has 4 nitrogen and oxygen atoms in total. The molecule has 4 heteroatoms. The minimum atomic E-state index is -0.529. The molecule has 1 atom stereocenters. The van der Waals surface area contributed by atoms with E-state index in [0.717, 1.165) is 30.9 Å². The largest absolute Gasteiger partial charge is 0.324 e. The third kappa shape index (κ3) is 5.14. The Kier molecular flexibility index (Phi) is 6.37. The quantitative estimate of drug-likeness (QED) is 0.847. The summed E-state index contributed by atoms with van der Waals surface area (Å²) in [7, 11) is 0. The van der Waals surface area contributed by atoms with Crippen molar-refractivity contribution < 1.29 is 4.79 Å². The number of benzene rings is 1. The lowest BCUT2D eigenvalue weighted by molar-refractivity contribution is -0.119. The van der Waals surface area contributed by atoms with Crippen LogP contribution in [-0.2, 0) is 11.3 Å². The van der Waals surface area contributed by atoms with Crippen LogP contribution in [0.2, 0.25) is 0 Å². The fourth-order valence-electron chi connectivity index (χ4n) is 2.07. The minimum Gasteiger partial charge on any atom is -0.324 e. The molecule has 0 heterocycles. The topological polar surface area (TPSA) is 58.4 Å². The summed E-state index contributed by atoms with van der Waals surface area (Å²) in [6.07, 6.45) is 0. The van der Waals surface area contributed by atoms with Crippen molar-refractivity contribution in [2.24, 2.45) is 11.1 Å². The van der Waals surface area contributed by atoms with Crippen LogP contribution >= 0.6 is 0 Å². The van der Waals surface area contributed by atoms with Crippen molar-refractivity contribution in [3.05, 3.63) is 29.8 Å². The van der Waals surface area contributed by atoms with E-state index in [1.165, 1.54) is 0 Å². The molecule has 1 rings (SSSR count). The van der Waals surface area contributed by atoms with Crippen LogP contribution < -0.4 is 11.1 Å². The number of nitrogens with one attached hydrogen (secondary N) is 1. The van der Waals surface area contributed by atoms with Crippen LogP contribution in [0.1, 0.15) is 40.2 Å². The normalized spacial score (nSPS) is 13.3. The van der Waals surface area contributed by atoms with Crippen LogP contribution in [-0.4, -0.2) is 29.9 Å². The zero-order valence-electron chi connectivity index (χ0n) is 13.9. The fourth-order valence-corrected chi connectivity index (χ4v) is 2.07. The van der Waals surface area contributed by atoms with Gasteiger partial charge in [0, 0.05) is 12.2 Å². The van der Waals surface area contributed by atoms with E-state index in [0.29, 0.717) is 0 Å². The number of amides is 1. The molecule has 118 valence electrons. The number of rotatable bonds is 6. The van der Waals surface area contributed by atoms with Crippen LogP contribution in [0.15, 0.2) is 24.3 Å². The van der Waals surface area contributed by atoms with E-state index in [1.807, 2.05) is 39.0 Å². The monoisotopic (exact) mass is 291 g/mol. The minimum absolute atomic E-state index is 0.130. The molecule has 0 saturated carbocycles. The second-order valence-corrected chi connectivity index (χ2v) is 6.45.